The zero-order chi connectivity index (χ0) is 15.1. The normalized spacial score (nSPS) is 10.8. The van der Waals surface area contributed by atoms with Crippen LogP contribution in [0.2, 0.25) is 0 Å². The van der Waals surface area contributed by atoms with Crippen LogP contribution < -0.4 is 9.46 Å². The molecule has 1 aromatic heterocycles. The smallest absolute Gasteiger partial charge is 0.243 e. The van der Waals surface area contributed by atoms with Crippen LogP contribution in [0.25, 0.3) is 0 Å². The molecular formula is C14H13N3O3S. The summed E-state index contributed by atoms with van der Waals surface area (Å²) in [5, 5.41) is 8.87. The number of rotatable bonds is 6. The third kappa shape index (κ3) is 4.02. The lowest BCUT2D eigenvalue weighted by molar-refractivity contribution is 0.323. The van der Waals surface area contributed by atoms with E-state index in [1.807, 2.05) is 18.2 Å². The van der Waals surface area contributed by atoms with Crippen LogP contribution in [0.15, 0.2) is 53.6 Å². The first-order valence-electron chi connectivity index (χ1n) is 6.16. The molecule has 0 aliphatic rings. The zero-order valence-electron chi connectivity index (χ0n) is 11.1. The molecule has 0 aliphatic carbocycles. The number of nitrogens with one attached hydrogen (secondary N) is 1. The summed E-state index contributed by atoms with van der Waals surface area (Å²) in [4.78, 5) is 3.60. The lowest BCUT2D eigenvalue weighted by atomic mass is 10.3. The summed E-state index contributed by atoms with van der Waals surface area (Å²) in [5.74, 6) is 0.663. The van der Waals surface area contributed by atoms with Gasteiger partial charge in [0.05, 0.1) is 0 Å². The van der Waals surface area contributed by atoms with Crippen molar-refractivity contribution in [1.82, 2.24) is 9.71 Å². The average Bonchev–Trinajstić information content (AvgIpc) is 2.52. The van der Waals surface area contributed by atoms with Gasteiger partial charge in [0.2, 0.25) is 10.0 Å². The third-order valence-corrected chi connectivity index (χ3v) is 4.06. The molecule has 1 N–H and O–H groups in total. The molecule has 0 aliphatic heterocycles. The minimum absolute atomic E-state index is 0.0942. The van der Waals surface area contributed by atoms with Crippen molar-refractivity contribution in [3.8, 4) is 11.8 Å². The molecule has 0 saturated heterocycles. The fraction of sp³-hybridized carbons (Fsp3) is 0.143. The van der Waals surface area contributed by atoms with Crippen LogP contribution >= 0.6 is 0 Å². The molecule has 108 valence electrons. The van der Waals surface area contributed by atoms with Gasteiger partial charge < -0.3 is 4.74 Å². The van der Waals surface area contributed by atoms with Crippen LogP contribution in [-0.4, -0.2) is 26.6 Å². The summed E-state index contributed by atoms with van der Waals surface area (Å²) in [5.41, 5.74) is -0.131. The van der Waals surface area contributed by atoms with Crippen LogP contribution in [0.1, 0.15) is 5.69 Å². The second kappa shape index (κ2) is 6.83. The van der Waals surface area contributed by atoms with E-state index in [1.165, 1.54) is 18.3 Å². The number of aromatic nitrogens is 1. The summed E-state index contributed by atoms with van der Waals surface area (Å²) in [6.07, 6.45) is 1.37. The maximum absolute atomic E-state index is 12.1. The van der Waals surface area contributed by atoms with Gasteiger partial charge in [0, 0.05) is 12.7 Å². The molecule has 0 saturated carbocycles. The Hall–Kier alpha value is -2.43. The molecule has 2 aromatic rings. The zero-order valence-corrected chi connectivity index (χ0v) is 11.9. The van der Waals surface area contributed by atoms with Gasteiger partial charge >= 0.3 is 0 Å². The van der Waals surface area contributed by atoms with Gasteiger partial charge in [-0.25, -0.2) is 18.1 Å². The van der Waals surface area contributed by atoms with Crippen LogP contribution in [-0.2, 0) is 10.0 Å². The Balaban J connectivity index is 1.95. The predicted octanol–water partition coefficient (Wildman–Crippen LogP) is 1.31. The predicted molar refractivity (Wildman–Crippen MR) is 76.1 cm³/mol. The van der Waals surface area contributed by atoms with Gasteiger partial charge in [-0.3, -0.25) is 0 Å². The maximum atomic E-state index is 12.1. The molecule has 0 fully saturated rings. The van der Waals surface area contributed by atoms with E-state index in [4.69, 9.17) is 10.00 Å². The number of benzene rings is 1. The summed E-state index contributed by atoms with van der Waals surface area (Å²) in [6.45, 7) is 0.280. The lowest BCUT2D eigenvalue weighted by Gasteiger charge is -2.09. The minimum atomic E-state index is -3.77. The quantitative estimate of drug-likeness (QED) is 0.812. The van der Waals surface area contributed by atoms with Gasteiger partial charge in [-0.15, -0.1) is 0 Å². The van der Waals surface area contributed by atoms with Gasteiger partial charge in [-0.05, 0) is 24.3 Å². The Morgan fingerprint density at radius 3 is 2.67 bits per heavy atom. The van der Waals surface area contributed by atoms with E-state index in [0.717, 1.165) is 0 Å². The first-order valence-corrected chi connectivity index (χ1v) is 7.64. The van der Waals surface area contributed by atoms with Gasteiger partial charge in [0.15, 0.2) is 5.69 Å². The van der Waals surface area contributed by atoms with Crippen LogP contribution in [0.4, 0.5) is 0 Å². The first-order chi connectivity index (χ1) is 10.1. The molecule has 1 aromatic carbocycles. The van der Waals surface area contributed by atoms with E-state index in [0.29, 0.717) is 5.75 Å². The second-order valence-corrected chi connectivity index (χ2v) is 5.76. The number of nitriles is 1. The molecular weight excluding hydrogens is 290 g/mol. The maximum Gasteiger partial charge on any atom is 0.243 e. The Labute approximate surface area is 123 Å². The number of hydrogen-bond acceptors (Lipinski definition) is 5. The Bertz CT molecular complexity index is 740. The highest BCUT2D eigenvalue weighted by atomic mass is 32.2. The molecule has 7 heteroatoms. The number of pyridine rings is 1. The SMILES string of the molecule is N#Cc1ncccc1S(=O)(=O)NCCOc1ccccc1. The molecule has 1 heterocycles. The topological polar surface area (TPSA) is 92.1 Å². The fourth-order valence-electron chi connectivity index (χ4n) is 1.63. The fourth-order valence-corrected chi connectivity index (χ4v) is 2.75. The molecule has 6 nitrogen and oxygen atoms in total. The van der Waals surface area contributed by atoms with Crippen molar-refractivity contribution in [2.45, 2.75) is 4.90 Å². The van der Waals surface area contributed by atoms with Crippen molar-refractivity contribution in [2.24, 2.45) is 0 Å². The van der Waals surface area contributed by atoms with Gasteiger partial charge in [-0.2, -0.15) is 5.26 Å². The van der Waals surface area contributed by atoms with Crippen LogP contribution in [0, 0.1) is 11.3 Å². The molecule has 0 radical (unpaired) electrons. The summed E-state index contributed by atoms with van der Waals surface area (Å²) in [6, 6.07) is 13.6. The number of para-hydroxylation sites is 1. The monoisotopic (exact) mass is 303 g/mol. The van der Waals surface area contributed by atoms with E-state index in [2.05, 4.69) is 9.71 Å². The van der Waals surface area contributed by atoms with Crippen molar-refractivity contribution >= 4 is 10.0 Å². The van der Waals surface area contributed by atoms with E-state index in [-0.39, 0.29) is 23.7 Å². The molecule has 0 atom stereocenters. The highest BCUT2D eigenvalue weighted by Gasteiger charge is 2.18. The Kier molecular flexibility index (Phi) is 4.87. The molecule has 21 heavy (non-hydrogen) atoms. The summed E-state index contributed by atoms with van der Waals surface area (Å²) in [7, 11) is -3.77. The lowest BCUT2D eigenvalue weighted by Crippen LogP contribution is -2.29. The Morgan fingerprint density at radius 1 is 1.19 bits per heavy atom. The van der Waals surface area contributed by atoms with Gasteiger partial charge in [0.1, 0.15) is 23.3 Å². The standard InChI is InChI=1S/C14H13N3O3S/c15-11-13-14(7-4-8-16-13)21(18,19)17-9-10-20-12-5-2-1-3-6-12/h1-8,17H,9-10H2. The van der Waals surface area contributed by atoms with Crippen molar-refractivity contribution < 1.29 is 13.2 Å². The largest absolute Gasteiger partial charge is 0.492 e. The first kappa shape index (κ1) is 15.0. The van der Waals surface area contributed by atoms with Crippen molar-refractivity contribution in [3.05, 3.63) is 54.4 Å². The highest BCUT2D eigenvalue weighted by Crippen LogP contribution is 2.11. The molecule has 2 rings (SSSR count). The molecule has 0 unspecified atom stereocenters. The average molecular weight is 303 g/mol. The number of nitrogens with zero attached hydrogens (tertiary/aromatic N) is 2. The van der Waals surface area contributed by atoms with Crippen LogP contribution in [0.5, 0.6) is 5.75 Å². The van der Waals surface area contributed by atoms with Crippen molar-refractivity contribution in [1.29, 1.82) is 5.26 Å². The van der Waals surface area contributed by atoms with E-state index >= 15 is 0 Å². The van der Waals surface area contributed by atoms with Gasteiger partial charge in [0.25, 0.3) is 0 Å². The minimum Gasteiger partial charge on any atom is -0.492 e. The molecule has 0 bridgehead atoms. The van der Waals surface area contributed by atoms with E-state index in [1.54, 1.807) is 18.2 Å². The molecule has 0 amide bonds. The van der Waals surface area contributed by atoms with E-state index < -0.39 is 10.0 Å². The second-order valence-electron chi connectivity index (χ2n) is 4.02. The summed E-state index contributed by atoms with van der Waals surface area (Å²) >= 11 is 0. The third-order valence-electron chi connectivity index (χ3n) is 2.57. The summed E-state index contributed by atoms with van der Waals surface area (Å²) < 4.78 is 31.9. The van der Waals surface area contributed by atoms with E-state index in [9.17, 15) is 8.42 Å². The highest BCUT2D eigenvalue weighted by molar-refractivity contribution is 7.89. The number of sulfonamides is 1. The molecule has 0 spiro atoms. The number of ether oxygens (including phenoxy) is 1. The Morgan fingerprint density at radius 2 is 1.95 bits per heavy atom. The van der Waals surface area contributed by atoms with Crippen molar-refractivity contribution in [3.63, 3.8) is 0 Å². The van der Waals surface area contributed by atoms with Gasteiger partial charge in [-0.1, -0.05) is 18.2 Å². The van der Waals surface area contributed by atoms with Crippen molar-refractivity contribution in [2.75, 3.05) is 13.2 Å². The van der Waals surface area contributed by atoms with Crippen LogP contribution in [0.3, 0.4) is 0 Å². The number of hydrogen-bond donors (Lipinski definition) is 1.